The third kappa shape index (κ3) is 6.37. The molecule has 1 N–H and O–H groups in total. The van der Waals surface area contributed by atoms with Crippen LogP contribution in [0.15, 0.2) is 48.5 Å². The van der Waals surface area contributed by atoms with Gasteiger partial charge in [-0.3, -0.25) is 4.79 Å². The number of likely N-dealkylation sites (tertiary alicyclic amines) is 2. The largest absolute Gasteiger partial charge is 0.444 e. The van der Waals surface area contributed by atoms with E-state index < -0.39 is 34.7 Å². The molecule has 2 aliphatic rings. The molecule has 2 aromatic rings. The maximum atomic E-state index is 13.8. The molecule has 0 bridgehead atoms. The van der Waals surface area contributed by atoms with Crippen molar-refractivity contribution < 1.29 is 37.0 Å². The van der Waals surface area contributed by atoms with E-state index in [2.05, 4.69) is 0 Å². The van der Waals surface area contributed by atoms with Crippen LogP contribution in [-0.4, -0.2) is 64.9 Å². The van der Waals surface area contributed by atoms with Crippen molar-refractivity contribution in [1.29, 1.82) is 0 Å². The zero-order valence-corrected chi connectivity index (χ0v) is 24.1. The molecule has 10 heteroatoms. The van der Waals surface area contributed by atoms with E-state index in [9.17, 15) is 32.3 Å². The maximum Gasteiger partial charge on any atom is 0.421 e. The summed E-state index contributed by atoms with van der Waals surface area (Å²) in [4.78, 5) is 29.6. The fourth-order valence-corrected chi connectivity index (χ4v) is 5.85. The molecule has 41 heavy (non-hydrogen) atoms. The number of ether oxygens (including phenoxy) is 1. The Labute approximate surface area is 238 Å². The number of carbonyl (C=O) groups excluding carboxylic acids is 2. The predicted octanol–water partition coefficient (Wildman–Crippen LogP) is 6.13. The molecule has 0 spiro atoms. The Morgan fingerprint density at radius 3 is 2.00 bits per heavy atom. The highest BCUT2D eigenvalue weighted by atomic mass is 19.4. The van der Waals surface area contributed by atoms with Gasteiger partial charge in [0.1, 0.15) is 11.4 Å². The lowest BCUT2D eigenvalue weighted by Gasteiger charge is -2.34. The Hall–Kier alpha value is -3.14. The van der Waals surface area contributed by atoms with Crippen LogP contribution in [0.3, 0.4) is 0 Å². The van der Waals surface area contributed by atoms with Gasteiger partial charge >= 0.3 is 12.3 Å². The number of aliphatic hydroxyl groups is 1. The van der Waals surface area contributed by atoms with E-state index in [1.807, 2.05) is 6.92 Å². The van der Waals surface area contributed by atoms with Crippen LogP contribution < -0.4 is 0 Å². The van der Waals surface area contributed by atoms with Gasteiger partial charge in [-0.2, -0.15) is 13.2 Å². The molecule has 0 aromatic heterocycles. The molecule has 4 rings (SSSR count). The molecule has 0 radical (unpaired) electrons. The van der Waals surface area contributed by atoms with Gasteiger partial charge in [0.15, 0.2) is 5.60 Å². The smallest absolute Gasteiger partial charge is 0.421 e. The summed E-state index contributed by atoms with van der Waals surface area (Å²) in [6.07, 6.45) is -4.25. The van der Waals surface area contributed by atoms with Gasteiger partial charge in [0.05, 0.1) is 0 Å². The van der Waals surface area contributed by atoms with E-state index in [4.69, 9.17) is 4.74 Å². The lowest BCUT2D eigenvalue weighted by molar-refractivity contribution is -0.258. The summed E-state index contributed by atoms with van der Waals surface area (Å²) in [7, 11) is 0. The number of halogens is 4. The molecule has 3 atom stereocenters. The number of amides is 2. The Morgan fingerprint density at radius 2 is 1.49 bits per heavy atom. The van der Waals surface area contributed by atoms with Gasteiger partial charge < -0.3 is 19.6 Å². The molecular weight excluding hydrogens is 540 g/mol. The number of rotatable bonds is 4. The average Bonchev–Trinajstić information content (AvgIpc) is 3.25. The first-order valence-corrected chi connectivity index (χ1v) is 13.8. The van der Waals surface area contributed by atoms with Gasteiger partial charge in [0.25, 0.3) is 0 Å². The van der Waals surface area contributed by atoms with Gasteiger partial charge in [-0.25, -0.2) is 9.18 Å². The van der Waals surface area contributed by atoms with Crippen molar-refractivity contribution in [2.75, 3.05) is 26.2 Å². The van der Waals surface area contributed by atoms with E-state index in [-0.39, 0.29) is 23.3 Å². The molecule has 0 saturated carbocycles. The highest BCUT2D eigenvalue weighted by Gasteiger charge is 2.52. The number of alkyl halides is 3. The molecule has 2 aliphatic heterocycles. The van der Waals surface area contributed by atoms with E-state index in [0.29, 0.717) is 51.5 Å². The van der Waals surface area contributed by atoms with E-state index >= 15 is 0 Å². The number of hydrogen-bond donors (Lipinski definition) is 1. The average molecular weight is 579 g/mol. The Kier molecular flexibility index (Phi) is 8.21. The van der Waals surface area contributed by atoms with Crippen molar-refractivity contribution in [3.05, 3.63) is 71.0 Å². The summed E-state index contributed by atoms with van der Waals surface area (Å²) in [6.45, 7) is 9.57. The fourth-order valence-electron chi connectivity index (χ4n) is 5.85. The van der Waals surface area contributed by atoms with Crippen LogP contribution in [0.5, 0.6) is 0 Å². The van der Waals surface area contributed by atoms with Crippen LogP contribution in [0.1, 0.15) is 70.1 Å². The second-order valence-electron chi connectivity index (χ2n) is 12.6. The second-order valence-corrected chi connectivity index (χ2v) is 12.6. The quantitative estimate of drug-likeness (QED) is 0.444. The van der Waals surface area contributed by atoms with Gasteiger partial charge in [-0.15, -0.1) is 0 Å². The second kappa shape index (κ2) is 10.9. The third-order valence-electron chi connectivity index (χ3n) is 8.43. The first-order chi connectivity index (χ1) is 18.9. The third-order valence-corrected chi connectivity index (χ3v) is 8.43. The van der Waals surface area contributed by atoms with Crippen LogP contribution in [-0.2, 0) is 20.5 Å². The van der Waals surface area contributed by atoms with Gasteiger partial charge in [-0.1, -0.05) is 43.3 Å². The molecule has 224 valence electrons. The van der Waals surface area contributed by atoms with Crippen LogP contribution in [0, 0.1) is 11.7 Å². The predicted molar refractivity (Wildman–Crippen MR) is 146 cm³/mol. The molecule has 0 aliphatic carbocycles. The number of benzene rings is 2. The topological polar surface area (TPSA) is 70.1 Å². The Bertz CT molecular complexity index is 1250. The molecule has 2 fully saturated rings. The van der Waals surface area contributed by atoms with E-state index in [1.165, 1.54) is 24.3 Å². The van der Waals surface area contributed by atoms with Crippen molar-refractivity contribution in [3.63, 3.8) is 0 Å². The Balaban J connectivity index is 1.56. The first-order valence-electron chi connectivity index (χ1n) is 13.8. The molecule has 2 amide bonds. The molecular formula is C31H38F4N2O4. The highest BCUT2D eigenvalue weighted by molar-refractivity contribution is 5.80. The highest BCUT2D eigenvalue weighted by Crippen LogP contribution is 2.47. The van der Waals surface area contributed by atoms with Crippen molar-refractivity contribution in [1.82, 2.24) is 9.80 Å². The minimum atomic E-state index is -4.84. The molecule has 2 aromatic carbocycles. The number of carbonyl (C=O) groups is 2. The maximum absolute atomic E-state index is 13.8. The lowest BCUT2D eigenvalue weighted by atomic mass is 9.71. The zero-order valence-electron chi connectivity index (χ0n) is 24.1. The van der Waals surface area contributed by atoms with E-state index in [1.54, 1.807) is 54.8 Å². The van der Waals surface area contributed by atoms with Gasteiger partial charge in [-0.05, 0) is 69.4 Å². The van der Waals surface area contributed by atoms with Gasteiger partial charge in [0, 0.05) is 43.4 Å². The summed E-state index contributed by atoms with van der Waals surface area (Å²) >= 11 is 0. The summed E-state index contributed by atoms with van der Waals surface area (Å²) in [5.74, 6) is -1.01. The van der Waals surface area contributed by atoms with Crippen LogP contribution in [0.4, 0.5) is 22.4 Å². The molecule has 2 saturated heterocycles. The number of nitrogens with zero attached hydrogens (tertiary/aromatic N) is 2. The minimum Gasteiger partial charge on any atom is -0.444 e. The van der Waals surface area contributed by atoms with Crippen molar-refractivity contribution >= 4 is 12.0 Å². The first kappa shape index (κ1) is 30.8. The SMILES string of the molecule is CC(C)(C)OC(=O)N1CCC(C(=O)N2C[C@@H](c3ccc(C(C)(O)C(F)(F)F)cc3)[C@@](C)(c3ccc(F)cc3)C2)CC1. The van der Waals surface area contributed by atoms with Crippen LogP contribution in [0.25, 0.3) is 0 Å². The fraction of sp³-hybridized carbons (Fsp3) is 0.548. The molecule has 1 unspecified atom stereocenters. The van der Waals surface area contributed by atoms with E-state index in [0.717, 1.165) is 5.56 Å². The summed E-state index contributed by atoms with van der Waals surface area (Å²) in [5, 5.41) is 10.1. The minimum absolute atomic E-state index is 0.0405. The van der Waals surface area contributed by atoms with Crippen LogP contribution >= 0.6 is 0 Å². The molecule has 6 nitrogen and oxygen atoms in total. The summed E-state index contributed by atoms with van der Waals surface area (Å²) in [6, 6.07) is 11.7. The normalized spacial score (nSPS) is 23.8. The van der Waals surface area contributed by atoms with Gasteiger partial charge in [0.2, 0.25) is 5.91 Å². The number of hydrogen-bond acceptors (Lipinski definition) is 4. The standard InChI is InChI=1S/C31H38F4N2O4/c1-28(2,3)41-27(39)36-16-14-21(15-17-36)26(38)37-18-25(29(4,19-37)22-10-12-24(32)13-11-22)20-6-8-23(9-7-20)30(5,40)31(33,34)35/h6-13,21,25,40H,14-19H2,1-5H3/t25-,29+,30?/m0/s1. The number of piperidine rings is 1. The zero-order chi connectivity index (χ0) is 30.4. The molecule has 2 heterocycles. The lowest BCUT2D eigenvalue weighted by Crippen LogP contribution is -2.45. The summed E-state index contributed by atoms with van der Waals surface area (Å²) in [5.41, 5.74) is -3.01. The van der Waals surface area contributed by atoms with Crippen molar-refractivity contribution in [2.45, 2.75) is 76.2 Å². The van der Waals surface area contributed by atoms with Crippen molar-refractivity contribution in [2.24, 2.45) is 5.92 Å². The Morgan fingerprint density at radius 1 is 0.927 bits per heavy atom. The monoisotopic (exact) mass is 578 g/mol. The summed E-state index contributed by atoms with van der Waals surface area (Å²) < 4.78 is 59.4. The van der Waals surface area contributed by atoms with Crippen LogP contribution in [0.2, 0.25) is 0 Å². The van der Waals surface area contributed by atoms with Crippen molar-refractivity contribution in [3.8, 4) is 0 Å².